The Balaban J connectivity index is 2.19. The summed E-state index contributed by atoms with van der Waals surface area (Å²) in [5.74, 6) is 0.0929. The van der Waals surface area contributed by atoms with Crippen molar-refractivity contribution in [3.05, 3.63) is 6.42 Å². The zero-order valence-corrected chi connectivity index (χ0v) is 5.68. The van der Waals surface area contributed by atoms with E-state index >= 15 is 0 Å². The predicted molar refractivity (Wildman–Crippen MR) is 35.8 cm³/mol. The van der Waals surface area contributed by atoms with E-state index in [1.54, 1.807) is 6.92 Å². The lowest BCUT2D eigenvalue weighted by molar-refractivity contribution is -0.119. The van der Waals surface area contributed by atoms with Crippen LogP contribution in [0.1, 0.15) is 26.2 Å². The fraction of sp³-hybridized carbons (Fsp3) is 0.714. The lowest BCUT2D eigenvalue weighted by atomic mass is 10.2. The molecule has 1 N–H and O–H groups in total. The summed E-state index contributed by atoms with van der Waals surface area (Å²) in [5, 5.41) is 2.87. The molecule has 1 aliphatic rings. The molecule has 9 heavy (non-hydrogen) atoms. The molecule has 1 fully saturated rings. The molecule has 2 heteroatoms. The number of hydrogen-bond acceptors (Lipinski definition) is 1. The van der Waals surface area contributed by atoms with E-state index in [1.165, 1.54) is 0 Å². The van der Waals surface area contributed by atoms with Gasteiger partial charge in [0.2, 0.25) is 5.91 Å². The molecule has 1 atom stereocenters. The second kappa shape index (κ2) is 2.85. The van der Waals surface area contributed by atoms with E-state index < -0.39 is 0 Å². The summed E-state index contributed by atoms with van der Waals surface area (Å²) in [6, 6.07) is 0.433. The molecule has 1 amide bonds. The van der Waals surface area contributed by atoms with E-state index in [2.05, 4.69) is 11.7 Å². The zero-order valence-electron chi connectivity index (χ0n) is 5.68. The molecule has 0 aliphatic heterocycles. The summed E-state index contributed by atoms with van der Waals surface area (Å²) in [4.78, 5) is 10.5. The number of carbonyl (C=O) groups is 1. The average molecular weight is 126 g/mol. The second-order valence-electron chi connectivity index (χ2n) is 2.50. The van der Waals surface area contributed by atoms with Crippen molar-refractivity contribution >= 4 is 5.91 Å². The molecule has 0 heterocycles. The minimum Gasteiger partial charge on any atom is -0.354 e. The van der Waals surface area contributed by atoms with Gasteiger partial charge in [-0.25, -0.2) is 0 Å². The van der Waals surface area contributed by atoms with Gasteiger partial charge >= 0.3 is 0 Å². The lowest BCUT2D eigenvalue weighted by Gasteiger charge is -2.07. The third-order valence-electron chi connectivity index (χ3n) is 1.58. The molecular formula is C7H12NO. The first kappa shape index (κ1) is 6.59. The van der Waals surface area contributed by atoms with E-state index in [4.69, 9.17) is 0 Å². The highest BCUT2D eigenvalue weighted by molar-refractivity contribution is 5.73. The summed E-state index contributed by atoms with van der Waals surface area (Å²) in [6.07, 6.45) is 5.56. The van der Waals surface area contributed by atoms with Crippen LogP contribution in [0.4, 0.5) is 0 Å². The summed E-state index contributed by atoms with van der Waals surface area (Å²) in [5.41, 5.74) is 0. The van der Waals surface area contributed by atoms with Crippen molar-refractivity contribution in [1.82, 2.24) is 5.32 Å². The maximum Gasteiger partial charge on any atom is 0.217 e. The molecule has 2 nitrogen and oxygen atoms in total. The highest BCUT2D eigenvalue weighted by atomic mass is 16.1. The summed E-state index contributed by atoms with van der Waals surface area (Å²) in [6.45, 7) is 1.57. The van der Waals surface area contributed by atoms with Crippen molar-refractivity contribution in [3.63, 3.8) is 0 Å². The number of rotatable bonds is 1. The second-order valence-corrected chi connectivity index (χ2v) is 2.50. The minimum atomic E-state index is 0.0929. The quantitative estimate of drug-likeness (QED) is 0.555. The first-order chi connectivity index (χ1) is 4.29. The third kappa shape index (κ3) is 2.04. The Bertz CT molecular complexity index is 105. The van der Waals surface area contributed by atoms with Crippen LogP contribution < -0.4 is 5.32 Å². The van der Waals surface area contributed by atoms with Gasteiger partial charge in [0, 0.05) is 13.0 Å². The Hall–Kier alpha value is -0.530. The molecule has 0 aromatic heterocycles. The van der Waals surface area contributed by atoms with Crippen LogP contribution in [0.3, 0.4) is 0 Å². The predicted octanol–water partition coefficient (Wildman–Crippen LogP) is 0.879. The number of carbonyl (C=O) groups excluding carboxylic acids is 1. The fourth-order valence-corrected chi connectivity index (χ4v) is 1.17. The minimum absolute atomic E-state index is 0.0929. The van der Waals surface area contributed by atoms with E-state index in [0.717, 1.165) is 19.3 Å². The van der Waals surface area contributed by atoms with Gasteiger partial charge in [0.1, 0.15) is 0 Å². The lowest BCUT2D eigenvalue weighted by Crippen LogP contribution is -2.30. The topological polar surface area (TPSA) is 29.1 Å². The summed E-state index contributed by atoms with van der Waals surface area (Å²) < 4.78 is 0. The normalized spacial score (nSPS) is 20.1. The number of nitrogens with one attached hydrogen (secondary N) is 1. The number of amides is 1. The van der Waals surface area contributed by atoms with Crippen molar-refractivity contribution in [2.75, 3.05) is 0 Å². The smallest absolute Gasteiger partial charge is 0.217 e. The van der Waals surface area contributed by atoms with Gasteiger partial charge in [-0.05, 0) is 25.7 Å². The Morgan fingerprint density at radius 1 is 1.78 bits per heavy atom. The van der Waals surface area contributed by atoms with Gasteiger partial charge in [0.05, 0.1) is 0 Å². The van der Waals surface area contributed by atoms with Crippen LogP contribution in [-0.2, 0) is 4.79 Å². The van der Waals surface area contributed by atoms with Gasteiger partial charge in [0.25, 0.3) is 0 Å². The van der Waals surface area contributed by atoms with Crippen molar-refractivity contribution in [2.24, 2.45) is 0 Å². The molecule has 0 spiro atoms. The first-order valence-corrected chi connectivity index (χ1v) is 3.38. The van der Waals surface area contributed by atoms with Crippen molar-refractivity contribution < 1.29 is 4.79 Å². The summed E-state index contributed by atoms with van der Waals surface area (Å²) >= 11 is 0. The SMILES string of the molecule is CC(=O)NC1C[CH]CC1. The Labute approximate surface area is 55.6 Å². The van der Waals surface area contributed by atoms with Crippen LogP contribution in [-0.4, -0.2) is 11.9 Å². The molecule has 1 saturated carbocycles. The van der Waals surface area contributed by atoms with Gasteiger partial charge in [0.15, 0.2) is 0 Å². The molecular weight excluding hydrogens is 114 g/mol. The van der Waals surface area contributed by atoms with Crippen molar-refractivity contribution in [3.8, 4) is 0 Å². The highest BCUT2D eigenvalue weighted by Gasteiger charge is 2.14. The maximum atomic E-state index is 10.5. The van der Waals surface area contributed by atoms with Crippen LogP contribution in [0.25, 0.3) is 0 Å². The molecule has 0 bridgehead atoms. The van der Waals surface area contributed by atoms with Gasteiger partial charge in [-0.2, -0.15) is 0 Å². The monoisotopic (exact) mass is 126 g/mol. The molecule has 0 aromatic carbocycles. The Morgan fingerprint density at radius 3 is 3.00 bits per heavy atom. The largest absolute Gasteiger partial charge is 0.354 e. The molecule has 51 valence electrons. The average Bonchev–Trinajstić information content (AvgIpc) is 2.15. The Morgan fingerprint density at radius 2 is 2.56 bits per heavy atom. The van der Waals surface area contributed by atoms with Crippen LogP contribution in [0.2, 0.25) is 0 Å². The zero-order chi connectivity index (χ0) is 6.69. The van der Waals surface area contributed by atoms with Crippen LogP contribution in [0.15, 0.2) is 0 Å². The van der Waals surface area contributed by atoms with Crippen molar-refractivity contribution in [2.45, 2.75) is 32.2 Å². The van der Waals surface area contributed by atoms with Gasteiger partial charge in [-0.1, -0.05) is 0 Å². The van der Waals surface area contributed by atoms with Gasteiger partial charge in [-0.3, -0.25) is 4.79 Å². The fourth-order valence-electron chi connectivity index (χ4n) is 1.17. The first-order valence-electron chi connectivity index (χ1n) is 3.38. The van der Waals surface area contributed by atoms with Gasteiger partial charge < -0.3 is 5.32 Å². The molecule has 1 rings (SSSR count). The van der Waals surface area contributed by atoms with Crippen LogP contribution in [0.5, 0.6) is 0 Å². The van der Waals surface area contributed by atoms with Crippen molar-refractivity contribution in [1.29, 1.82) is 0 Å². The third-order valence-corrected chi connectivity index (χ3v) is 1.58. The Kier molecular flexibility index (Phi) is 2.09. The van der Waals surface area contributed by atoms with Crippen LogP contribution in [0, 0.1) is 6.42 Å². The summed E-state index contributed by atoms with van der Waals surface area (Å²) in [7, 11) is 0. The van der Waals surface area contributed by atoms with Gasteiger partial charge in [-0.15, -0.1) is 0 Å². The van der Waals surface area contributed by atoms with E-state index in [-0.39, 0.29) is 5.91 Å². The number of hydrogen-bond donors (Lipinski definition) is 1. The standard InChI is InChI=1S/C7H12NO/c1-6(9)8-7-4-2-3-5-7/h2,7H,3-5H2,1H3,(H,8,9). The van der Waals surface area contributed by atoms with E-state index in [0.29, 0.717) is 6.04 Å². The van der Waals surface area contributed by atoms with E-state index in [1.807, 2.05) is 0 Å². The molecule has 0 saturated heterocycles. The molecule has 0 aromatic rings. The molecule has 1 aliphatic carbocycles. The maximum absolute atomic E-state index is 10.5. The molecule has 1 unspecified atom stereocenters. The highest BCUT2D eigenvalue weighted by Crippen LogP contribution is 2.15. The molecule has 1 radical (unpaired) electrons. The van der Waals surface area contributed by atoms with Crippen LogP contribution >= 0.6 is 0 Å². The van der Waals surface area contributed by atoms with E-state index in [9.17, 15) is 4.79 Å².